The maximum absolute atomic E-state index is 6.57. The Kier molecular flexibility index (Phi) is 9.26. The average Bonchev–Trinajstić information content (AvgIpc) is 2.71. The lowest BCUT2D eigenvalue weighted by Crippen LogP contribution is -2.49. The van der Waals surface area contributed by atoms with Gasteiger partial charge in [0.15, 0.2) is 14.6 Å². The van der Waals surface area contributed by atoms with Gasteiger partial charge in [0.05, 0.1) is 19.3 Å². The summed E-state index contributed by atoms with van der Waals surface area (Å²) in [5.41, 5.74) is 1.04. The van der Waals surface area contributed by atoms with Crippen molar-refractivity contribution in [2.45, 2.75) is 78.2 Å². The second-order valence-electron chi connectivity index (χ2n) is 10.3. The summed E-state index contributed by atoms with van der Waals surface area (Å²) in [4.78, 5) is 0. The van der Waals surface area contributed by atoms with Crippen molar-refractivity contribution < 1.29 is 18.6 Å². The Morgan fingerprint density at radius 3 is 2.03 bits per heavy atom. The highest BCUT2D eigenvalue weighted by molar-refractivity contribution is 14.1. The van der Waals surface area contributed by atoms with Gasteiger partial charge in [-0.2, -0.15) is 0 Å². The highest BCUT2D eigenvalue weighted by Gasteiger charge is 2.43. The number of halogens is 1. The molecule has 6 heteroatoms. The van der Waals surface area contributed by atoms with Crippen LogP contribution in [0, 0.1) is 17.8 Å². The van der Waals surface area contributed by atoms with Gasteiger partial charge in [0, 0.05) is 28.4 Å². The van der Waals surface area contributed by atoms with Crippen molar-refractivity contribution in [3.8, 4) is 5.75 Å². The predicted octanol–water partition coefficient (Wildman–Crippen LogP) is 6.84. The summed E-state index contributed by atoms with van der Waals surface area (Å²) in [6, 6.07) is 8.02. The molecule has 1 fully saturated rings. The van der Waals surface area contributed by atoms with E-state index in [1.807, 2.05) is 24.3 Å². The zero-order valence-corrected chi connectivity index (χ0v) is 23.4. The van der Waals surface area contributed by atoms with E-state index in [2.05, 4.69) is 77.2 Å². The molecule has 1 aliphatic rings. The fourth-order valence-corrected chi connectivity index (χ4v) is 5.33. The van der Waals surface area contributed by atoms with Gasteiger partial charge in [-0.15, -0.1) is 0 Å². The molecule has 2 rings (SSSR count). The van der Waals surface area contributed by atoms with Crippen molar-refractivity contribution in [2.75, 3.05) is 18.1 Å². The topological polar surface area (TPSA) is 36.9 Å². The van der Waals surface area contributed by atoms with Crippen molar-refractivity contribution in [1.82, 2.24) is 0 Å². The molecule has 0 amide bonds. The van der Waals surface area contributed by atoms with Crippen LogP contribution in [0.15, 0.2) is 24.3 Å². The summed E-state index contributed by atoms with van der Waals surface area (Å²) >= 11 is 2.46. The second kappa shape index (κ2) is 10.6. The van der Waals surface area contributed by atoms with Crippen LogP contribution in [0.3, 0.4) is 0 Å². The Morgan fingerprint density at radius 2 is 1.57 bits per heavy atom. The molecule has 1 saturated heterocycles. The van der Waals surface area contributed by atoms with Crippen LogP contribution in [-0.4, -0.2) is 38.7 Å². The van der Waals surface area contributed by atoms with Gasteiger partial charge in [-0.25, -0.2) is 0 Å². The molecule has 172 valence electrons. The Hall–Kier alpha value is -0.153. The molecule has 0 spiro atoms. The normalized spacial score (nSPS) is 27.5. The van der Waals surface area contributed by atoms with Gasteiger partial charge in [0.2, 0.25) is 0 Å². The van der Waals surface area contributed by atoms with E-state index in [9.17, 15) is 0 Å². The fraction of sp³-hybridized carbons (Fsp3) is 0.750. The molecule has 0 aliphatic carbocycles. The first-order valence-electron chi connectivity index (χ1n) is 11.1. The van der Waals surface area contributed by atoms with E-state index in [-0.39, 0.29) is 23.5 Å². The lowest BCUT2D eigenvalue weighted by molar-refractivity contribution is -0.289. The third kappa shape index (κ3) is 6.21. The van der Waals surface area contributed by atoms with E-state index in [1.54, 1.807) is 7.11 Å². The monoisotopic (exact) mass is 548 g/mol. The summed E-state index contributed by atoms with van der Waals surface area (Å²) in [7, 11) is -0.109. The predicted molar refractivity (Wildman–Crippen MR) is 135 cm³/mol. The number of benzene rings is 1. The van der Waals surface area contributed by atoms with Crippen molar-refractivity contribution in [1.29, 1.82) is 0 Å². The fourth-order valence-electron chi connectivity index (χ4n) is 3.71. The van der Waals surface area contributed by atoms with Gasteiger partial charge < -0.3 is 18.6 Å². The van der Waals surface area contributed by atoms with Crippen molar-refractivity contribution in [3.05, 3.63) is 29.8 Å². The molecule has 1 heterocycles. The third-order valence-corrected chi connectivity index (χ3v) is 12.8. The molecule has 0 bridgehead atoms. The molecule has 1 aliphatic heterocycles. The summed E-state index contributed by atoms with van der Waals surface area (Å²) < 4.78 is 26.0. The number of methoxy groups -OCH3 is 1. The first-order valence-corrected chi connectivity index (χ1v) is 15.5. The first-order chi connectivity index (χ1) is 13.9. The van der Waals surface area contributed by atoms with Gasteiger partial charge in [-0.3, -0.25) is 0 Å². The van der Waals surface area contributed by atoms with Crippen LogP contribution in [0.25, 0.3) is 0 Å². The van der Waals surface area contributed by atoms with Crippen LogP contribution in [-0.2, 0) is 13.9 Å². The highest BCUT2D eigenvalue weighted by Crippen LogP contribution is 2.41. The number of ether oxygens (including phenoxy) is 3. The molecular weight excluding hydrogens is 507 g/mol. The van der Waals surface area contributed by atoms with Crippen LogP contribution < -0.4 is 4.74 Å². The molecule has 30 heavy (non-hydrogen) atoms. The average molecular weight is 549 g/mol. The molecule has 1 aromatic rings. The van der Waals surface area contributed by atoms with Crippen molar-refractivity contribution >= 4 is 30.9 Å². The molecular formula is C24H41IO4Si. The van der Waals surface area contributed by atoms with Crippen LogP contribution in [0.4, 0.5) is 0 Å². The maximum atomic E-state index is 6.57. The van der Waals surface area contributed by atoms with Crippen LogP contribution in [0.5, 0.6) is 5.75 Å². The number of hydrogen-bond acceptors (Lipinski definition) is 4. The van der Waals surface area contributed by atoms with Gasteiger partial charge in [0.25, 0.3) is 0 Å². The summed E-state index contributed by atoms with van der Waals surface area (Å²) in [5, 5.41) is 0.207. The number of rotatable bonds is 8. The quantitative estimate of drug-likeness (QED) is 0.203. The second-order valence-corrected chi connectivity index (χ2v) is 16.0. The SMILES string of the molecule is COc1ccc([C@H]2O[C@@H]([C@@H](C)CI)[C@@H](C)[C@@H]([C@@H](C)CO[Si](C)(C)C(C)(C)C)O2)cc1. The molecule has 0 saturated carbocycles. The Bertz CT molecular complexity index is 658. The minimum Gasteiger partial charge on any atom is -0.497 e. The molecule has 6 atom stereocenters. The van der Waals surface area contributed by atoms with Gasteiger partial charge in [-0.1, -0.05) is 76.3 Å². The molecule has 0 aromatic heterocycles. The van der Waals surface area contributed by atoms with E-state index >= 15 is 0 Å². The highest BCUT2D eigenvalue weighted by atomic mass is 127. The van der Waals surface area contributed by atoms with Crippen molar-refractivity contribution in [2.24, 2.45) is 17.8 Å². The smallest absolute Gasteiger partial charge is 0.191 e. The number of hydrogen-bond donors (Lipinski definition) is 0. The molecule has 0 N–H and O–H groups in total. The third-order valence-electron chi connectivity index (χ3n) is 6.86. The van der Waals surface area contributed by atoms with Gasteiger partial charge in [-0.05, 0) is 36.2 Å². The molecule has 1 aromatic carbocycles. The Morgan fingerprint density at radius 1 is 1.03 bits per heavy atom. The Labute approximate surface area is 198 Å². The van der Waals surface area contributed by atoms with Crippen LogP contribution in [0.2, 0.25) is 18.1 Å². The summed E-state index contributed by atoms with van der Waals surface area (Å²) in [5.74, 6) is 1.90. The molecule has 4 nitrogen and oxygen atoms in total. The lowest BCUT2D eigenvalue weighted by Gasteiger charge is -2.46. The minimum atomic E-state index is -1.79. The van der Waals surface area contributed by atoms with Crippen molar-refractivity contribution in [3.63, 3.8) is 0 Å². The summed E-state index contributed by atoms with van der Waals surface area (Å²) in [6.45, 7) is 19.0. The molecule has 0 unspecified atom stereocenters. The van der Waals surface area contributed by atoms with Crippen LogP contribution in [0.1, 0.15) is 53.4 Å². The Balaban J connectivity index is 2.20. The van der Waals surface area contributed by atoms with E-state index in [0.717, 1.165) is 22.3 Å². The van der Waals surface area contributed by atoms with Crippen LogP contribution >= 0.6 is 22.6 Å². The minimum absolute atomic E-state index is 0.0889. The van der Waals surface area contributed by atoms with E-state index in [0.29, 0.717) is 17.8 Å². The van der Waals surface area contributed by atoms with E-state index < -0.39 is 8.32 Å². The summed E-state index contributed by atoms with van der Waals surface area (Å²) in [6.07, 6.45) is -0.114. The number of alkyl halides is 1. The van der Waals surface area contributed by atoms with Gasteiger partial charge in [0.1, 0.15) is 5.75 Å². The van der Waals surface area contributed by atoms with E-state index in [4.69, 9.17) is 18.6 Å². The zero-order valence-electron chi connectivity index (χ0n) is 20.2. The maximum Gasteiger partial charge on any atom is 0.191 e. The largest absolute Gasteiger partial charge is 0.497 e. The zero-order chi connectivity index (χ0) is 22.7. The van der Waals surface area contributed by atoms with Gasteiger partial charge >= 0.3 is 0 Å². The first kappa shape index (κ1) is 26.1. The standard InChI is InChI=1S/C24H41IO4Si/c1-16(14-25)21-18(3)22(17(2)15-27-30(8,9)24(4,5)6)29-23(28-21)19-10-12-20(26-7)13-11-19/h10-13,16-18,21-23H,14-15H2,1-9H3/t16-,17-,18+,21-,22+,23-/m0/s1. The lowest BCUT2D eigenvalue weighted by atomic mass is 9.83. The van der Waals surface area contributed by atoms with E-state index in [1.165, 1.54) is 0 Å². The molecule has 0 radical (unpaired) electrons.